The highest BCUT2D eigenvalue weighted by Gasteiger charge is 2.56. The molecule has 0 aromatic heterocycles. The number of hydrogen-bond donors (Lipinski definition) is 8. The molecule has 0 bridgehead atoms. The van der Waals surface area contributed by atoms with Crippen molar-refractivity contribution in [2.24, 2.45) is 0 Å². The topological polar surface area (TPSA) is 405 Å². The first-order valence-corrected chi connectivity index (χ1v) is 14.8. The van der Waals surface area contributed by atoms with Gasteiger partial charge in [-0.3, -0.25) is 0 Å². The van der Waals surface area contributed by atoms with E-state index >= 15 is 0 Å². The summed E-state index contributed by atoms with van der Waals surface area (Å²) in [5.74, 6) is -8.42. The van der Waals surface area contributed by atoms with Crippen LogP contribution < -0.4 is 20.4 Å². The standard InChI is InChI=1S/C26H38O25.2CH4/c1-43-11-3(27)8(32)24(49-15(11)19(35)36)46-13-5(29)10(34)26(51-17(13)21(39)40)47-14-6(30)9(33)25(50-18(14)22(41)42)45-12-4(28)7(31)23(44-2)48-16(12)20(37)38;;/h3-18,23-34H,1-2H3,(H,35,36)(H,37,38)(H,39,40)(H,41,42);2*1H4/p-4/t3?,4?,5?,6?,7-,8+,9-,10?,11+,12+,13+,14+,15?,16-,17-,18?,23-,24-,25-,26-;;/m1../s1. The third-order valence-electron chi connectivity index (χ3n) is 8.49. The molecule has 4 heterocycles. The lowest BCUT2D eigenvalue weighted by atomic mass is 9.95. The first-order valence-electron chi connectivity index (χ1n) is 14.8. The predicted molar refractivity (Wildman–Crippen MR) is 149 cm³/mol. The molecule has 0 aromatic rings. The number of carbonyl (C=O) groups excluding carboxylic acids is 4. The lowest BCUT2D eigenvalue weighted by Crippen LogP contribution is -2.70. The second-order valence-corrected chi connectivity index (χ2v) is 11.6. The molecule has 4 aliphatic heterocycles. The van der Waals surface area contributed by atoms with Crippen LogP contribution in [0, 0.1) is 0 Å². The van der Waals surface area contributed by atoms with Gasteiger partial charge in [-0.1, -0.05) is 14.9 Å². The van der Waals surface area contributed by atoms with E-state index in [9.17, 15) is 80.5 Å². The van der Waals surface area contributed by atoms with Crippen LogP contribution in [-0.2, 0) is 61.8 Å². The SMILES string of the molecule is C.C.CO[C@@H]1C(C(=O)[O-])O[C@@H](O[C@H]2C(O)C(O)[C@H](O[C@@H]3C(C(=O)[O-])O[C@@H](O[C@H]4C(O)[C@@H](O)[C@H](OC)O[C@H]4C(=O)[O-])[C@H](O)C3O)O[C@H]2C(=O)[O-])[C@@H](O)C1O. The van der Waals surface area contributed by atoms with Crippen LogP contribution in [0.3, 0.4) is 0 Å². The van der Waals surface area contributed by atoms with Crippen LogP contribution in [0.15, 0.2) is 0 Å². The van der Waals surface area contributed by atoms with Gasteiger partial charge in [-0.25, -0.2) is 0 Å². The Morgan fingerprint density at radius 1 is 0.396 bits per heavy atom. The van der Waals surface area contributed by atoms with Gasteiger partial charge in [-0.15, -0.1) is 0 Å². The third-order valence-corrected chi connectivity index (χ3v) is 8.49. The molecule has 7 unspecified atom stereocenters. The summed E-state index contributed by atoms with van der Waals surface area (Å²) in [4.78, 5) is 47.2. The molecule has 0 amide bonds. The van der Waals surface area contributed by atoms with Crippen molar-refractivity contribution in [3.8, 4) is 0 Å². The van der Waals surface area contributed by atoms with Crippen LogP contribution in [0.2, 0.25) is 0 Å². The molecule has 4 aliphatic rings. The highest BCUT2D eigenvalue weighted by atomic mass is 16.8. The first kappa shape index (κ1) is 46.4. The summed E-state index contributed by atoms with van der Waals surface area (Å²) in [5.41, 5.74) is 0. The van der Waals surface area contributed by atoms with Crippen LogP contribution in [-0.4, -0.2) is 202 Å². The number of carbonyl (C=O) groups is 4. The summed E-state index contributed by atoms with van der Waals surface area (Å²) in [6, 6.07) is 0. The summed E-state index contributed by atoms with van der Waals surface area (Å²) in [6.07, 6.45) is -44.8. The predicted octanol–water partition coefficient (Wildman–Crippen LogP) is -12.1. The Bertz CT molecular complexity index is 1250. The van der Waals surface area contributed by atoms with Crippen LogP contribution in [0.5, 0.6) is 0 Å². The number of ether oxygens (including phenoxy) is 9. The van der Waals surface area contributed by atoms with Gasteiger partial charge in [0.25, 0.3) is 0 Å². The van der Waals surface area contributed by atoms with E-state index in [0.29, 0.717) is 0 Å². The van der Waals surface area contributed by atoms with Crippen molar-refractivity contribution < 1.29 is 123 Å². The largest absolute Gasteiger partial charge is 0.547 e. The summed E-state index contributed by atoms with van der Waals surface area (Å²) < 4.78 is 45.3. The van der Waals surface area contributed by atoms with E-state index in [1.165, 1.54) is 0 Å². The quantitative estimate of drug-likeness (QED) is 0.0911. The fraction of sp³-hybridized carbons (Fsp3) is 0.857. The van der Waals surface area contributed by atoms with Crippen LogP contribution in [0.4, 0.5) is 0 Å². The Kier molecular flexibility index (Phi) is 16.3. The molecule has 0 aromatic carbocycles. The van der Waals surface area contributed by atoms with Gasteiger partial charge in [0, 0.05) is 14.2 Å². The molecule has 25 heteroatoms. The zero-order valence-electron chi connectivity index (χ0n) is 26.1. The average Bonchev–Trinajstić information content (AvgIpc) is 3.07. The molecule has 308 valence electrons. The normalized spacial score (nSPS) is 45.9. The van der Waals surface area contributed by atoms with E-state index in [2.05, 4.69) is 0 Å². The van der Waals surface area contributed by atoms with Gasteiger partial charge in [-0.2, -0.15) is 0 Å². The summed E-state index contributed by atoms with van der Waals surface area (Å²) in [5, 5.41) is 132. The molecule has 4 fully saturated rings. The van der Waals surface area contributed by atoms with Gasteiger partial charge in [0.2, 0.25) is 0 Å². The molecule has 4 rings (SSSR count). The van der Waals surface area contributed by atoms with E-state index in [4.69, 9.17) is 42.6 Å². The van der Waals surface area contributed by atoms with E-state index in [1.807, 2.05) is 0 Å². The van der Waals surface area contributed by atoms with E-state index < -0.39 is 147 Å². The molecular formula is C28H42O25-4. The molecular weight excluding hydrogens is 736 g/mol. The molecule has 4 saturated heterocycles. The van der Waals surface area contributed by atoms with Crippen LogP contribution in [0.25, 0.3) is 0 Å². The molecule has 20 atom stereocenters. The van der Waals surface area contributed by atoms with Crippen molar-refractivity contribution in [1.82, 2.24) is 0 Å². The number of carboxylic acids is 4. The smallest absolute Gasteiger partial charge is 0.187 e. The van der Waals surface area contributed by atoms with Crippen molar-refractivity contribution in [1.29, 1.82) is 0 Å². The summed E-state index contributed by atoms with van der Waals surface area (Å²) in [7, 11) is 1.95. The molecule has 8 N–H and O–H groups in total. The van der Waals surface area contributed by atoms with Gasteiger partial charge < -0.3 is 123 Å². The molecule has 0 spiro atoms. The van der Waals surface area contributed by atoms with Gasteiger partial charge >= 0.3 is 0 Å². The number of methoxy groups -OCH3 is 2. The van der Waals surface area contributed by atoms with Gasteiger partial charge in [-0.05, 0) is 0 Å². The lowest BCUT2D eigenvalue weighted by molar-refractivity contribution is -0.402. The Labute approximate surface area is 299 Å². The second-order valence-electron chi connectivity index (χ2n) is 11.6. The maximum absolute atomic E-state index is 12.0. The minimum absolute atomic E-state index is 0. The summed E-state index contributed by atoms with van der Waals surface area (Å²) >= 11 is 0. The van der Waals surface area contributed by atoms with Gasteiger partial charge in [0.05, 0.1) is 23.9 Å². The van der Waals surface area contributed by atoms with Crippen molar-refractivity contribution in [3.63, 3.8) is 0 Å². The minimum Gasteiger partial charge on any atom is -0.547 e. The van der Waals surface area contributed by atoms with E-state index in [-0.39, 0.29) is 14.9 Å². The molecule has 0 saturated carbocycles. The number of aliphatic hydroxyl groups is 8. The highest BCUT2D eigenvalue weighted by Crippen LogP contribution is 2.34. The average molecular weight is 779 g/mol. The van der Waals surface area contributed by atoms with Gasteiger partial charge in [0.1, 0.15) is 97.7 Å². The zero-order chi connectivity index (χ0) is 38.2. The lowest BCUT2D eigenvalue weighted by Gasteiger charge is -2.49. The zero-order valence-corrected chi connectivity index (χ0v) is 26.1. The van der Waals surface area contributed by atoms with Crippen molar-refractivity contribution >= 4 is 23.9 Å². The van der Waals surface area contributed by atoms with Crippen molar-refractivity contribution in [2.75, 3.05) is 14.2 Å². The monoisotopic (exact) mass is 778 g/mol. The number of carboxylic acid groups (broad SMARTS) is 4. The number of rotatable bonds is 12. The maximum Gasteiger partial charge on any atom is 0.187 e. The maximum atomic E-state index is 12.0. The Morgan fingerprint density at radius 3 is 0.868 bits per heavy atom. The number of aliphatic carboxylic acids is 4. The first-order chi connectivity index (χ1) is 23.9. The van der Waals surface area contributed by atoms with E-state index in [0.717, 1.165) is 14.2 Å². The minimum atomic E-state index is -2.54. The van der Waals surface area contributed by atoms with Gasteiger partial charge in [0.15, 0.2) is 25.2 Å². The summed E-state index contributed by atoms with van der Waals surface area (Å²) in [6.45, 7) is 0. The molecule has 0 aliphatic carbocycles. The van der Waals surface area contributed by atoms with Crippen molar-refractivity contribution in [3.05, 3.63) is 0 Å². The Hall–Kier alpha value is -2.80. The molecule has 25 nitrogen and oxygen atoms in total. The Balaban J connectivity index is 0.00000486. The number of hydrogen-bond acceptors (Lipinski definition) is 25. The van der Waals surface area contributed by atoms with E-state index in [1.54, 1.807) is 0 Å². The highest BCUT2D eigenvalue weighted by molar-refractivity contribution is 5.72. The fourth-order valence-corrected chi connectivity index (χ4v) is 5.82. The third kappa shape index (κ3) is 9.19. The van der Waals surface area contributed by atoms with Crippen LogP contribution >= 0.6 is 0 Å². The Morgan fingerprint density at radius 2 is 0.623 bits per heavy atom. The van der Waals surface area contributed by atoms with Crippen LogP contribution in [0.1, 0.15) is 14.9 Å². The molecule has 0 radical (unpaired) electrons. The fourth-order valence-electron chi connectivity index (χ4n) is 5.82. The number of aliphatic hydroxyl groups excluding tert-OH is 8. The second kappa shape index (κ2) is 18.7. The molecule has 53 heavy (non-hydrogen) atoms. The van der Waals surface area contributed by atoms with Crippen molar-refractivity contribution in [2.45, 2.75) is 138 Å².